The zero-order valence-electron chi connectivity index (χ0n) is 8.89. The number of pyridine rings is 1. The van der Waals surface area contributed by atoms with E-state index >= 15 is 0 Å². The van der Waals surface area contributed by atoms with E-state index in [0.29, 0.717) is 10.7 Å². The summed E-state index contributed by atoms with van der Waals surface area (Å²) in [6.45, 7) is 0. The molecule has 2 N–H and O–H groups in total. The standard InChI is InChI=1S/C12H12ClN3/c1-16(12-4-2-3-7-15-12)11-8-9(14)5-6-10(11)13/h2-8H,14H2,1H3. The average molecular weight is 234 g/mol. The molecule has 0 aliphatic rings. The Bertz CT molecular complexity index is 485. The van der Waals surface area contributed by atoms with Crippen LogP contribution in [-0.4, -0.2) is 12.0 Å². The molecule has 82 valence electrons. The van der Waals surface area contributed by atoms with Gasteiger partial charge in [0, 0.05) is 18.9 Å². The van der Waals surface area contributed by atoms with E-state index in [1.807, 2.05) is 36.2 Å². The number of hydrogen-bond donors (Lipinski definition) is 1. The summed E-state index contributed by atoms with van der Waals surface area (Å²) < 4.78 is 0. The molecule has 3 nitrogen and oxygen atoms in total. The molecule has 0 saturated carbocycles. The summed E-state index contributed by atoms with van der Waals surface area (Å²) in [6, 6.07) is 11.1. The summed E-state index contributed by atoms with van der Waals surface area (Å²) in [5, 5.41) is 0.655. The monoisotopic (exact) mass is 233 g/mol. The van der Waals surface area contributed by atoms with Gasteiger partial charge in [-0.2, -0.15) is 0 Å². The molecule has 0 aliphatic carbocycles. The minimum atomic E-state index is 0.655. The topological polar surface area (TPSA) is 42.2 Å². The summed E-state index contributed by atoms with van der Waals surface area (Å²) >= 11 is 6.12. The zero-order chi connectivity index (χ0) is 11.5. The highest BCUT2D eigenvalue weighted by molar-refractivity contribution is 6.33. The van der Waals surface area contributed by atoms with Crippen molar-refractivity contribution in [1.29, 1.82) is 0 Å². The first-order valence-electron chi connectivity index (χ1n) is 4.88. The van der Waals surface area contributed by atoms with Gasteiger partial charge in [-0.25, -0.2) is 4.98 Å². The van der Waals surface area contributed by atoms with Crippen LogP contribution in [0.4, 0.5) is 17.2 Å². The van der Waals surface area contributed by atoms with Gasteiger partial charge in [-0.15, -0.1) is 0 Å². The molecule has 0 radical (unpaired) electrons. The lowest BCUT2D eigenvalue weighted by atomic mass is 10.2. The zero-order valence-corrected chi connectivity index (χ0v) is 9.65. The largest absolute Gasteiger partial charge is 0.399 e. The van der Waals surface area contributed by atoms with Crippen LogP contribution in [0.2, 0.25) is 5.02 Å². The Morgan fingerprint density at radius 1 is 1.25 bits per heavy atom. The quantitative estimate of drug-likeness (QED) is 0.811. The number of aromatic nitrogens is 1. The third kappa shape index (κ3) is 2.09. The maximum atomic E-state index is 6.12. The van der Waals surface area contributed by atoms with E-state index in [1.54, 1.807) is 18.3 Å². The number of nitrogen functional groups attached to an aromatic ring is 1. The van der Waals surface area contributed by atoms with E-state index in [1.165, 1.54) is 0 Å². The van der Waals surface area contributed by atoms with Gasteiger partial charge in [0.25, 0.3) is 0 Å². The second kappa shape index (κ2) is 4.41. The highest BCUT2D eigenvalue weighted by atomic mass is 35.5. The molecule has 1 aromatic heterocycles. The summed E-state index contributed by atoms with van der Waals surface area (Å²) in [7, 11) is 1.91. The molecule has 0 spiro atoms. The third-order valence-electron chi connectivity index (χ3n) is 2.32. The van der Waals surface area contributed by atoms with Crippen molar-refractivity contribution < 1.29 is 0 Å². The Morgan fingerprint density at radius 2 is 2.06 bits per heavy atom. The molecule has 16 heavy (non-hydrogen) atoms. The van der Waals surface area contributed by atoms with E-state index in [4.69, 9.17) is 17.3 Å². The predicted molar refractivity (Wildman–Crippen MR) is 68.2 cm³/mol. The molecule has 4 heteroatoms. The number of hydrogen-bond acceptors (Lipinski definition) is 3. The first kappa shape index (κ1) is 10.8. The van der Waals surface area contributed by atoms with Gasteiger partial charge in [-0.3, -0.25) is 0 Å². The molecule has 2 aromatic rings. The summed E-state index contributed by atoms with van der Waals surface area (Å²) in [4.78, 5) is 6.15. The first-order valence-corrected chi connectivity index (χ1v) is 5.26. The van der Waals surface area contributed by atoms with Gasteiger partial charge >= 0.3 is 0 Å². The Labute approximate surface area is 99.5 Å². The smallest absolute Gasteiger partial charge is 0.132 e. The third-order valence-corrected chi connectivity index (χ3v) is 2.64. The lowest BCUT2D eigenvalue weighted by Crippen LogP contribution is -2.11. The molecule has 0 saturated heterocycles. The van der Waals surface area contributed by atoms with Crippen molar-refractivity contribution in [2.45, 2.75) is 0 Å². The maximum Gasteiger partial charge on any atom is 0.132 e. The van der Waals surface area contributed by atoms with Crippen LogP contribution in [-0.2, 0) is 0 Å². The molecule has 0 amide bonds. The van der Waals surface area contributed by atoms with Gasteiger partial charge in [0.1, 0.15) is 5.82 Å². The first-order chi connectivity index (χ1) is 7.68. The molecule has 1 heterocycles. The van der Waals surface area contributed by atoms with E-state index in [2.05, 4.69) is 4.98 Å². The fourth-order valence-corrected chi connectivity index (χ4v) is 1.71. The molecule has 0 bridgehead atoms. The summed E-state index contributed by atoms with van der Waals surface area (Å²) in [6.07, 6.45) is 1.74. The van der Waals surface area contributed by atoms with Crippen molar-refractivity contribution in [3.8, 4) is 0 Å². The fraction of sp³-hybridized carbons (Fsp3) is 0.0833. The highest BCUT2D eigenvalue weighted by Crippen LogP contribution is 2.30. The van der Waals surface area contributed by atoms with E-state index in [9.17, 15) is 0 Å². The van der Waals surface area contributed by atoms with Crippen LogP contribution < -0.4 is 10.6 Å². The van der Waals surface area contributed by atoms with Crippen LogP contribution in [0, 0.1) is 0 Å². The predicted octanol–water partition coefficient (Wildman–Crippen LogP) is 3.09. The number of halogens is 1. The Hall–Kier alpha value is -1.74. The molecule has 0 aliphatic heterocycles. The van der Waals surface area contributed by atoms with Gasteiger partial charge in [0.2, 0.25) is 0 Å². The number of benzene rings is 1. The second-order valence-corrected chi connectivity index (χ2v) is 3.87. The number of rotatable bonds is 2. The van der Waals surface area contributed by atoms with Crippen molar-refractivity contribution in [1.82, 2.24) is 4.98 Å². The van der Waals surface area contributed by atoms with Crippen LogP contribution >= 0.6 is 11.6 Å². The van der Waals surface area contributed by atoms with Crippen LogP contribution in [0.15, 0.2) is 42.6 Å². The molecule has 1 aromatic carbocycles. The second-order valence-electron chi connectivity index (χ2n) is 3.46. The molecular weight excluding hydrogens is 222 g/mol. The highest BCUT2D eigenvalue weighted by Gasteiger charge is 2.08. The average Bonchev–Trinajstić information content (AvgIpc) is 2.32. The Kier molecular flexibility index (Phi) is 2.97. The van der Waals surface area contributed by atoms with E-state index in [0.717, 1.165) is 11.5 Å². The molecule has 2 rings (SSSR count). The van der Waals surface area contributed by atoms with Crippen LogP contribution in [0.25, 0.3) is 0 Å². The van der Waals surface area contributed by atoms with Gasteiger partial charge in [-0.1, -0.05) is 17.7 Å². The van der Waals surface area contributed by atoms with Crippen LogP contribution in [0.3, 0.4) is 0 Å². The normalized spacial score (nSPS) is 10.1. The lowest BCUT2D eigenvalue weighted by Gasteiger charge is -2.19. The summed E-state index contributed by atoms with van der Waals surface area (Å²) in [5.74, 6) is 0.829. The minimum absolute atomic E-state index is 0.655. The van der Waals surface area contributed by atoms with E-state index < -0.39 is 0 Å². The van der Waals surface area contributed by atoms with Gasteiger partial charge in [0.05, 0.1) is 10.7 Å². The SMILES string of the molecule is CN(c1ccccn1)c1cc(N)ccc1Cl. The minimum Gasteiger partial charge on any atom is -0.399 e. The molecule has 0 fully saturated rings. The number of nitrogens with two attached hydrogens (primary N) is 1. The number of anilines is 3. The molecule has 0 unspecified atom stereocenters. The maximum absolute atomic E-state index is 6.12. The van der Waals surface area contributed by atoms with Crippen molar-refractivity contribution in [2.24, 2.45) is 0 Å². The van der Waals surface area contributed by atoms with Gasteiger partial charge in [-0.05, 0) is 30.3 Å². The van der Waals surface area contributed by atoms with Crippen LogP contribution in [0.5, 0.6) is 0 Å². The van der Waals surface area contributed by atoms with Crippen molar-refractivity contribution >= 4 is 28.8 Å². The Morgan fingerprint density at radius 3 is 2.75 bits per heavy atom. The van der Waals surface area contributed by atoms with Gasteiger partial charge < -0.3 is 10.6 Å². The van der Waals surface area contributed by atoms with E-state index in [-0.39, 0.29) is 0 Å². The Balaban J connectivity index is 2.41. The molecular formula is C12H12ClN3. The van der Waals surface area contributed by atoms with Crippen LogP contribution in [0.1, 0.15) is 0 Å². The lowest BCUT2D eigenvalue weighted by molar-refractivity contribution is 1.13. The van der Waals surface area contributed by atoms with Crippen molar-refractivity contribution in [2.75, 3.05) is 17.7 Å². The van der Waals surface area contributed by atoms with Crippen molar-refractivity contribution in [3.05, 3.63) is 47.6 Å². The van der Waals surface area contributed by atoms with Crippen molar-refractivity contribution in [3.63, 3.8) is 0 Å². The summed E-state index contributed by atoms with van der Waals surface area (Å²) in [5.41, 5.74) is 7.27. The fourth-order valence-electron chi connectivity index (χ4n) is 1.46. The molecule has 0 atom stereocenters. The number of nitrogens with zero attached hydrogens (tertiary/aromatic N) is 2. The van der Waals surface area contributed by atoms with Gasteiger partial charge in [0.15, 0.2) is 0 Å².